The summed E-state index contributed by atoms with van der Waals surface area (Å²) < 4.78 is 5.56. The molecular formula is C22H21ClN2O4. The Balaban J connectivity index is 1.75. The highest BCUT2D eigenvalue weighted by Gasteiger charge is 2.49. The Kier molecular flexibility index (Phi) is 5.75. The Morgan fingerprint density at radius 3 is 2.34 bits per heavy atom. The van der Waals surface area contributed by atoms with Gasteiger partial charge in [0.15, 0.2) is 5.78 Å². The number of hydrogen-bond acceptors (Lipinski definition) is 4. The van der Waals surface area contributed by atoms with Gasteiger partial charge >= 0.3 is 6.03 Å². The van der Waals surface area contributed by atoms with Crippen LogP contribution >= 0.6 is 11.6 Å². The van der Waals surface area contributed by atoms with Gasteiger partial charge in [0.1, 0.15) is 17.9 Å². The molecule has 1 aliphatic rings. The zero-order valence-electron chi connectivity index (χ0n) is 16.2. The van der Waals surface area contributed by atoms with Crippen LogP contribution in [0.1, 0.15) is 29.8 Å². The van der Waals surface area contributed by atoms with Crippen molar-refractivity contribution >= 4 is 29.3 Å². The Morgan fingerprint density at radius 2 is 1.76 bits per heavy atom. The third-order valence-corrected chi connectivity index (χ3v) is 4.91. The van der Waals surface area contributed by atoms with Crippen molar-refractivity contribution in [3.63, 3.8) is 0 Å². The maximum Gasteiger partial charge on any atom is 0.325 e. The van der Waals surface area contributed by atoms with Gasteiger partial charge in [-0.25, -0.2) is 4.79 Å². The number of rotatable bonds is 7. The van der Waals surface area contributed by atoms with Crippen molar-refractivity contribution in [2.24, 2.45) is 0 Å². The minimum Gasteiger partial charge on any atom is -0.489 e. The van der Waals surface area contributed by atoms with Crippen LogP contribution in [-0.4, -0.2) is 35.8 Å². The Morgan fingerprint density at radius 1 is 1.14 bits per heavy atom. The molecule has 1 atom stereocenters. The Labute approximate surface area is 174 Å². The summed E-state index contributed by atoms with van der Waals surface area (Å²) in [5.41, 5.74) is 0.604. The molecule has 1 aliphatic heterocycles. The van der Waals surface area contributed by atoms with Gasteiger partial charge in [-0.1, -0.05) is 30.3 Å². The van der Waals surface area contributed by atoms with Crippen molar-refractivity contribution in [2.45, 2.75) is 19.4 Å². The first kappa shape index (κ1) is 20.6. The Bertz CT molecular complexity index is 969. The standard InChI is InChI=1S/C22H21ClN2O4/c1-14(2)13-29-18-10-6-16(7-11-18)22(3)20(27)25(21(28)24-22)12-19(26)15-4-8-17(23)9-5-15/h4-11H,1,12-13H2,2-3H3,(H,24,28). The van der Waals surface area contributed by atoms with Gasteiger partial charge in [0, 0.05) is 10.6 Å². The van der Waals surface area contributed by atoms with E-state index in [9.17, 15) is 14.4 Å². The zero-order chi connectivity index (χ0) is 21.2. The van der Waals surface area contributed by atoms with Crippen LogP contribution in [0.25, 0.3) is 0 Å². The second kappa shape index (κ2) is 8.09. The average molecular weight is 413 g/mol. The number of imide groups is 1. The number of carbonyl (C=O) groups is 3. The lowest BCUT2D eigenvalue weighted by Gasteiger charge is -2.22. The van der Waals surface area contributed by atoms with Gasteiger partial charge in [0.05, 0.1) is 6.54 Å². The summed E-state index contributed by atoms with van der Waals surface area (Å²) in [6.45, 7) is 7.31. The number of nitrogens with zero attached hydrogens (tertiary/aromatic N) is 1. The number of benzene rings is 2. The van der Waals surface area contributed by atoms with E-state index in [1.165, 1.54) is 0 Å². The summed E-state index contributed by atoms with van der Waals surface area (Å²) in [4.78, 5) is 38.8. The lowest BCUT2D eigenvalue weighted by atomic mass is 9.92. The van der Waals surface area contributed by atoms with Gasteiger partial charge in [0.25, 0.3) is 5.91 Å². The summed E-state index contributed by atoms with van der Waals surface area (Å²) in [5.74, 6) is -0.203. The monoisotopic (exact) mass is 412 g/mol. The molecule has 3 amide bonds. The van der Waals surface area contributed by atoms with Crippen LogP contribution in [0.4, 0.5) is 4.79 Å². The fourth-order valence-electron chi connectivity index (χ4n) is 3.00. The fraction of sp³-hybridized carbons (Fsp3) is 0.227. The number of ketones is 1. The SMILES string of the molecule is C=C(C)COc1ccc(C2(C)NC(=O)N(CC(=O)c3ccc(Cl)cc3)C2=O)cc1. The zero-order valence-corrected chi connectivity index (χ0v) is 17.0. The van der Waals surface area contributed by atoms with Crippen LogP contribution in [0.3, 0.4) is 0 Å². The number of ether oxygens (including phenoxy) is 1. The molecule has 0 spiro atoms. The normalized spacial score (nSPS) is 18.5. The first-order chi connectivity index (χ1) is 13.7. The largest absolute Gasteiger partial charge is 0.489 e. The van der Waals surface area contributed by atoms with Gasteiger partial charge in [-0.2, -0.15) is 0 Å². The molecule has 0 radical (unpaired) electrons. The lowest BCUT2D eigenvalue weighted by Crippen LogP contribution is -2.41. The van der Waals surface area contributed by atoms with E-state index < -0.39 is 17.5 Å². The van der Waals surface area contributed by atoms with Crippen LogP contribution in [0.5, 0.6) is 5.75 Å². The molecule has 2 aromatic rings. The maximum absolute atomic E-state index is 13.0. The molecular weight excluding hydrogens is 392 g/mol. The molecule has 1 unspecified atom stereocenters. The Hall–Kier alpha value is -3.12. The summed E-state index contributed by atoms with van der Waals surface area (Å²) >= 11 is 5.83. The van der Waals surface area contributed by atoms with Crippen molar-refractivity contribution in [3.8, 4) is 5.75 Å². The van der Waals surface area contributed by atoms with E-state index in [1.807, 2.05) is 6.92 Å². The fourth-order valence-corrected chi connectivity index (χ4v) is 3.12. The molecule has 0 saturated carbocycles. The van der Waals surface area contributed by atoms with Gasteiger partial charge in [-0.05, 0) is 61.4 Å². The topological polar surface area (TPSA) is 75.7 Å². The van der Waals surface area contributed by atoms with Crippen molar-refractivity contribution < 1.29 is 19.1 Å². The van der Waals surface area contributed by atoms with E-state index in [2.05, 4.69) is 11.9 Å². The van der Waals surface area contributed by atoms with E-state index in [4.69, 9.17) is 16.3 Å². The quantitative estimate of drug-likeness (QED) is 0.424. The third-order valence-electron chi connectivity index (χ3n) is 4.66. The number of carbonyl (C=O) groups excluding carboxylic acids is 3. The highest BCUT2D eigenvalue weighted by atomic mass is 35.5. The van der Waals surface area contributed by atoms with E-state index in [1.54, 1.807) is 55.5 Å². The minimum atomic E-state index is -1.26. The molecule has 1 heterocycles. The molecule has 0 aliphatic carbocycles. The van der Waals surface area contributed by atoms with E-state index in [-0.39, 0.29) is 12.3 Å². The van der Waals surface area contributed by atoms with Gasteiger partial charge in [0.2, 0.25) is 0 Å². The number of urea groups is 1. The number of nitrogens with one attached hydrogen (secondary N) is 1. The molecule has 1 fully saturated rings. The van der Waals surface area contributed by atoms with Gasteiger partial charge in [-0.3, -0.25) is 14.5 Å². The van der Waals surface area contributed by atoms with Crippen molar-refractivity contribution in [2.75, 3.05) is 13.2 Å². The van der Waals surface area contributed by atoms with Crippen LogP contribution in [0.2, 0.25) is 5.02 Å². The first-order valence-corrected chi connectivity index (χ1v) is 9.39. The van der Waals surface area contributed by atoms with Crippen molar-refractivity contribution in [1.29, 1.82) is 0 Å². The summed E-state index contributed by atoms with van der Waals surface area (Å²) in [6, 6.07) is 12.6. The number of amides is 3. The molecule has 0 aromatic heterocycles. The van der Waals surface area contributed by atoms with E-state index in [0.717, 1.165) is 10.5 Å². The molecule has 150 valence electrons. The maximum atomic E-state index is 13.0. The van der Waals surface area contributed by atoms with Crippen LogP contribution in [-0.2, 0) is 10.3 Å². The minimum absolute atomic E-state index is 0.346. The molecule has 6 nitrogen and oxygen atoms in total. The van der Waals surface area contributed by atoms with E-state index in [0.29, 0.717) is 28.5 Å². The highest BCUT2D eigenvalue weighted by Crippen LogP contribution is 2.30. The van der Waals surface area contributed by atoms with Gasteiger partial charge < -0.3 is 10.1 Å². The van der Waals surface area contributed by atoms with Gasteiger partial charge in [-0.15, -0.1) is 0 Å². The molecule has 29 heavy (non-hydrogen) atoms. The van der Waals surface area contributed by atoms with Crippen molar-refractivity contribution in [1.82, 2.24) is 10.2 Å². The lowest BCUT2D eigenvalue weighted by molar-refractivity contribution is -0.130. The second-order valence-corrected chi connectivity index (χ2v) is 7.58. The predicted octanol–water partition coefficient (Wildman–Crippen LogP) is 3.94. The molecule has 7 heteroatoms. The predicted molar refractivity (Wildman–Crippen MR) is 110 cm³/mol. The summed E-state index contributed by atoms with van der Waals surface area (Å²) in [6.07, 6.45) is 0. The smallest absolute Gasteiger partial charge is 0.325 e. The van der Waals surface area contributed by atoms with Crippen molar-refractivity contribution in [3.05, 3.63) is 76.8 Å². The summed E-state index contributed by atoms with van der Waals surface area (Å²) in [5, 5.41) is 3.19. The van der Waals surface area contributed by atoms with E-state index >= 15 is 0 Å². The molecule has 2 aromatic carbocycles. The molecule has 1 N–H and O–H groups in total. The van der Waals surface area contributed by atoms with Crippen LogP contribution in [0, 0.1) is 0 Å². The molecule has 1 saturated heterocycles. The number of hydrogen-bond donors (Lipinski definition) is 1. The highest BCUT2D eigenvalue weighted by molar-refractivity contribution is 6.30. The third kappa shape index (κ3) is 4.32. The van der Waals surface area contributed by atoms with Crippen LogP contribution in [0.15, 0.2) is 60.7 Å². The average Bonchev–Trinajstić information content (AvgIpc) is 2.91. The summed E-state index contributed by atoms with van der Waals surface area (Å²) in [7, 11) is 0. The molecule has 0 bridgehead atoms. The molecule has 3 rings (SSSR count). The number of Topliss-reactive ketones (excluding diaryl/α,β-unsaturated/α-hetero) is 1. The van der Waals surface area contributed by atoms with Crippen LogP contribution < -0.4 is 10.1 Å². The first-order valence-electron chi connectivity index (χ1n) is 9.01. The second-order valence-electron chi connectivity index (χ2n) is 7.15. The number of halogens is 1.